The highest BCUT2D eigenvalue weighted by molar-refractivity contribution is 6.33. The number of benzene rings is 4. The molecular formula is C22H11ClFN3. The van der Waals surface area contributed by atoms with Crippen molar-refractivity contribution in [2.75, 3.05) is 0 Å². The van der Waals surface area contributed by atoms with Gasteiger partial charge in [0.1, 0.15) is 11.6 Å². The molecule has 0 atom stereocenters. The largest absolute Gasteiger partial charge is 0.337 e. The van der Waals surface area contributed by atoms with Crippen LogP contribution in [0.15, 0.2) is 60.7 Å². The van der Waals surface area contributed by atoms with Gasteiger partial charge in [-0.15, -0.1) is 0 Å². The second kappa shape index (κ2) is 5.80. The molecule has 0 saturated heterocycles. The fourth-order valence-corrected chi connectivity index (χ4v) is 3.79. The van der Waals surface area contributed by atoms with E-state index in [1.807, 2.05) is 48.5 Å². The summed E-state index contributed by atoms with van der Waals surface area (Å²) in [6.45, 7) is 0. The van der Waals surface area contributed by atoms with E-state index in [2.05, 4.69) is 9.97 Å². The molecule has 5 heteroatoms. The molecule has 0 aliphatic carbocycles. The normalized spacial score (nSPS) is 11.3. The summed E-state index contributed by atoms with van der Waals surface area (Å²) in [5, 5.41) is 13.9. The Balaban J connectivity index is 1.97. The molecule has 1 heterocycles. The van der Waals surface area contributed by atoms with E-state index in [9.17, 15) is 9.65 Å². The summed E-state index contributed by atoms with van der Waals surface area (Å²) < 4.78 is 14.5. The molecule has 4 aromatic carbocycles. The van der Waals surface area contributed by atoms with Crippen LogP contribution in [0.5, 0.6) is 0 Å². The molecule has 27 heavy (non-hydrogen) atoms. The number of nitrogens with zero attached hydrogens (tertiary/aromatic N) is 2. The van der Waals surface area contributed by atoms with Crippen LogP contribution in [0.1, 0.15) is 5.56 Å². The number of hydrogen-bond acceptors (Lipinski definition) is 2. The predicted octanol–water partition coefficient (Wildman–Crippen LogP) is 6.20. The smallest absolute Gasteiger partial charge is 0.142 e. The van der Waals surface area contributed by atoms with Crippen LogP contribution in [0.25, 0.3) is 44.0 Å². The maximum absolute atomic E-state index is 14.5. The van der Waals surface area contributed by atoms with Crippen molar-refractivity contribution >= 4 is 44.2 Å². The molecule has 0 aliphatic heterocycles. The Hall–Kier alpha value is -3.42. The van der Waals surface area contributed by atoms with Crippen molar-refractivity contribution in [2.45, 2.75) is 0 Å². The Kier molecular flexibility index (Phi) is 3.40. The van der Waals surface area contributed by atoms with Gasteiger partial charge < -0.3 is 4.98 Å². The van der Waals surface area contributed by atoms with Gasteiger partial charge in [-0.2, -0.15) is 5.26 Å². The topological polar surface area (TPSA) is 52.5 Å². The fourth-order valence-electron chi connectivity index (χ4n) is 3.62. The third-order valence-electron chi connectivity index (χ3n) is 4.80. The number of aromatic amines is 1. The molecule has 0 bridgehead atoms. The van der Waals surface area contributed by atoms with E-state index in [4.69, 9.17) is 11.6 Å². The number of halogens is 2. The standard InChI is InChI=1S/C22H11ClFN3/c23-13-8-9-16-17(10-13)14-5-1-2-6-15(14)20-21(16)27-22(26-20)19-12(11-25)4-3-7-18(19)24/h1-10H,(H,26,27). The lowest BCUT2D eigenvalue weighted by Gasteiger charge is -2.06. The highest BCUT2D eigenvalue weighted by Gasteiger charge is 2.18. The summed E-state index contributed by atoms with van der Waals surface area (Å²) in [6, 6.07) is 20.1. The highest BCUT2D eigenvalue weighted by Crippen LogP contribution is 2.37. The summed E-state index contributed by atoms with van der Waals surface area (Å²) in [5.74, 6) is -0.142. The Morgan fingerprint density at radius 1 is 0.926 bits per heavy atom. The summed E-state index contributed by atoms with van der Waals surface area (Å²) in [7, 11) is 0. The molecule has 0 radical (unpaired) electrons. The number of aromatic nitrogens is 2. The maximum atomic E-state index is 14.5. The first-order valence-electron chi connectivity index (χ1n) is 8.36. The number of rotatable bonds is 1. The Bertz CT molecular complexity index is 1410. The van der Waals surface area contributed by atoms with Crippen LogP contribution in [0.2, 0.25) is 5.02 Å². The van der Waals surface area contributed by atoms with E-state index in [0.717, 1.165) is 32.6 Å². The zero-order valence-corrected chi connectivity index (χ0v) is 14.7. The molecule has 0 unspecified atom stereocenters. The van der Waals surface area contributed by atoms with Gasteiger partial charge >= 0.3 is 0 Å². The van der Waals surface area contributed by atoms with E-state index in [0.29, 0.717) is 10.8 Å². The van der Waals surface area contributed by atoms with Crippen LogP contribution in [0.3, 0.4) is 0 Å². The molecule has 0 fully saturated rings. The monoisotopic (exact) mass is 371 g/mol. The molecule has 0 saturated carbocycles. The second-order valence-corrected chi connectivity index (χ2v) is 6.76. The highest BCUT2D eigenvalue weighted by atomic mass is 35.5. The summed E-state index contributed by atoms with van der Waals surface area (Å²) in [5.41, 5.74) is 1.96. The van der Waals surface area contributed by atoms with Gasteiger partial charge in [0.25, 0.3) is 0 Å². The Labute approximate surface area is 158 Å². The van der Waals surface area contributed by atoms with Gasteiger partial charge in [-0.1, -0.05) is 48.0 Å². The maximum Gasteiger partial charge on any atom is 0.142 e. The van der Waals surface area contributed by atoms with Gasteiger partial charge in [-0.3, -0.25) is 0 Å². The van der Waals surface area contributed by atoms with Crippen molar-refractivity contribution in [3.05, 3.63) is 77.1 Å². The zero-order valence-electron chi connectivity index (χ0n) is 13.9. The van der Waals surface area contributed by atoms with Gasteiger partial charge in [0, 0.05) is 15.8 Å². The molecule has 5 aromatic rings. The average Bonchev–Trinajstić information content (AvgIpc) is 3.13. The summed E-state index contributed by atoms with van der Waals surface area (Å²) in [4.78, 5) is 7.91. The van der Waals surface area contributed by atoms with Gasteiger partial charge in [0.05, 0.1) is 28.2 Å². The van der Waals surface area contributed by atoms with Crippen molar-refractivity contribution in [2.24, 2.45) is 0 Å². The average molecular weight is 372 g/mol. The lowest BCUT2D eigenvalue weighted by molar-refractivity contribution is 0.630. The number of H-pyrrole nitrogens is 1. The van der Waals surface area contributed by atoms with Crippen LogP contribution in [0, 0.1) is 17.1 Å². The molecule has 0 spiro atoms. The number of nitrogens with one attached hydrogen (secondary N) is 1. The van der Waals surface area contributed by atoms with Crippen LogP contribution < -0.4 is 0 Å². The molecule has 1 N–H and O–H groups in total. The summed E-state index contributed by atoms with van der Waals surface area (Å²) >= 11 is 6.22. The third-order valence-corrected chi connectivity index (χ3v) is 5.03. The molecule has 3 nitrogen and oxygen atoms in total. The van der Waals surface area contributed by atoms with Crippen molar-refractivity contribution in [3.63, 3.8) is 0 Å². The lowest BCUT2D eigenvalue weighted by Crippen LogP contribution is -1.91. The van der Waals surface area contributed by atoms with E-state index >= 15 is 0 Å². The first-order valence-corrected chi connectivity index (χ1v) is 8.74. The minimum absolute atomic E-state index is 0.183. The van der Waals surface area contributed by atoms with Gasteiger partial charge in [0.2, 0.25) is 0 Å². The lowest BCUT2D eigenvalue weighted by atomic mass is 10.0. The minimum atomic E-state index is -0.482. The fraction of sp³-hybridized carbons (Fsp3) is 0. The molecule has 128 valence electrons. The van der Waals surface area contributed by atoms with E-state index in [-0.39, 0.29) is 11.1 Å². The van der Waals surface area contributed by atoms with Crippen molar-refractivity contribution in [1.82, 2.24) is 9.97 Å². The van der Waals surface area contributed by atoms with Gasteiger partial charge in [0.15, 0.2) is 0 Å². The third kappa shape index (κ3) is 2.29. The first-order chi connectivity index (χ1) is 13.2. The summed E-state index contributed by atoms with van der Waals surface area (Å²) in [6.07, 6.45) is 0. The first kappa shape index (κ1) is 15.8. The molecule has 0 amide bonds. The van der Waals surface area contributed by atoms with Crippen LogP contribution in [-0.2, 0) is 0 Å². The zero-order chi connectivity index (χ0) is 18.5. The van der Waals surface area contributed by atoms with Crippen LogP contribution >= 0.6 is 11.6 Å². The molecule has 0 aliphatic rings. The van der Waals surface area contributed by atoms with Crippen LogP contribution in [-0.4, -0.2) is 9.97 Å². The predicted molar refractivity (Wildman–Crippen MR) is 106 cm³/mol. The van der Waals surface area contributed by atoms with Gasteiger partial charge in [-0.05, 0) is 35.0 Å². The number of imidazole rings is 1. The number of nitriles is 1. The minimum Gasteiger partial charge on any atom is -0.337 e. The van der Waals surface area contributed by atoms with E-state index in [1.165, 1.54) is 12.1 Å². The van der Waals surface area contributed by atoms with Gasteiger partial charge in [-0.25, -0.2) is 9.37 Å². The SMILES string of the molecule is N#Cc1cccc(F)c1-c1nc2c3ccccc3c3cc(Cl)ccc3c2[nH]1. The molecule has 5 rings (SSSR count). The van der Waals surface area contributed by atoms with Crippen LogP contribution in [0.4, 0.5) is 4.39 Å². The van der Waals surface area contributed by atoms with E-state index < -0.39 is 5.82 Å². The quantitative estimate of drug-likeness (QED) is 0.356. The van der Waals surface area contributed by atoms with E-state index in [1.54, 1.807) is 6.07 Å². The second-order valence-electron chi connectivity index (χ2n) is 6.32. The Morgan fingerprint density at radius 2 is 1.74 bits per heavy atom. The van der Waals surface area contributed by atoms with Crippen molar-refractivity contribution in [1.29, 1.82) is 5.26 Å². The molecule has 1 aromatic heterocycles. The number of fused-ring (bicyclic) bond motifs is 6. The Morgan fingerprint density at radius 3 is 2.56 bits per heavy atom. The van der Waals surface area contributed by atoms with Crippen molar-refractivity contribution < 1.29 is 4.39 Å². The molecular weight excluding hydrogens is 361 g/mol. The number of hydrogen-bond donors (Lipinski definition) is 1. The van der Waals surface area contributed by atoms with Crippen molar-refractivity contribution in [3.8, 4) is 17.5 Å².